The molecule has 0 N–H and O–H groups in total. The topological polar surface area (TPSA) is 0 Å². The van der Waals surface area contributed by atoms with Gasteiger partial charge < -0.3 is 18.2 Å². The van der Waals surface area contributed by atoms with Crippen molar-refractivity contribution in [2.24, 2.45) is 0 Å². The van der Waals surface area contributed by atoms with Gasteiger partial charge in [0.1, 0.15) is 0 Å². The summed E-state index contributed by atoms with van der Waals surface area (Å²) in [6.07, 6.45) is 0. The molecule has 10 heavy (non-hydrogen) atoms. The van der Waals surface area contributed by atoms with Gasteiger partial charge in [-0.05, 0) is 0 Å². The van der Waals surface area contributed by atoms with Crippen molar-refractivity contribution >= 4 is 39.5 Å². The van der Waals surface area contributed by atoms with E-state index in [0.717, 1.165) is 0 Å². The van der Waals surface area contributed by atoms with Crippen molar-refractivity contribution in [1.29, 1.82) is 0 Å². The third-order valence-corrected chi connectivity index (χ3v) is 0.552. The van der Waals surface area contributed by atoms with Crippen LogP contribution in [0.25, 0.3) is 0 Å². The predicted molar refractivity (Wildman–Crippen MR) is 52.2 cm³/mol. The third kappa shape index (κ3) is 12.6. The molecule has 0 fully saturated rings. The SMILES string of the molecule is [Zn+][I].[Zn+][I].[c-]1c[c-]ccc1. The molecule has 0 amide bonds. The average Bonchev–Trinajstić information content (AvgIpc) is 2.14. The van der Waals surface area contributed by atoms with Crippen molar-refractivity contribution in [3.63, 3.8) is 0 Å². The number of halogens is 2. The van der Waals surface area contributed by atoms with E-state index in [0.29, 0.717) is 0 Å². The van der Waals surface area contributed by atoms with Crippen LogP contribution in [0.4, 0.5) is 0 Å². The maximum absolute atomic E-state index is 2.84. The van der Waals surface area contributed by atoms with Crippen molar-refractivity contribution in [3.8, 4) is 0 Å². The van der Waals surface area contributed by atoms with Gasteiger partial charge in [0.15, 0.2) is 0 Å². The molecule has 0 aromatic heterocycles. The zero-order valence-corrected chi connectivity index (χ0v) is 15.7. The number of rotatable bonds is 0. The van der Waals surface area contributed by atoms with Gasteiger partial charge in [0, 0.05) is 0 Å². The standard InChI is InChI=1S/C6H4.2HI.2Zn/c1-2-4-6-5-3-1;;;;/h1-3,6H;2*1H;;/q-2;;;2*+2/p-2. The Morgan fingerprint density at radius 2 is 1.30 bits per heavy atom. The van der Waals surface area contributed by atoms with E-state index in [9.17, 15) is 0 Å². The Bertz CT molecular complexity index is 85.7. The largest absolute Gasteiger partial charge is 0.359 e. The molecule has 1 aromatic carbocycles. The Balaban J connectivity index is 0. The molecule has 1 aromatic rings. The van der Waals surface area contributed by atoms with Gasteiger partial charge in [0.2, 0.25) is 0 Å². The monoisotopic (exact) mass is 458 g/mol. The summed E-state index contributed by atoms with van der Waals surface area (Å²) in [6.45, 7) is 0. The Labute approximate surface area is 104 Å². The molecular formula is C6H4I2Zn2. The molecule has 46 valence electrons. The fourth-order valence-corrected chi connectivity index (χ4v) is 0.304. The first-order valence-corrected chi connectivity index (χ1v) is 20.5. The van der Waals surface area contributed by atoms with Gasteiger partial charge in [-0.1, -0.05) is 0 Å². The van der Waals surface area contributed by atoms with Crippen molar-refractivity contribution < 1.29 is 29.6 Å². The fraction of sp³-hybridized carbons (Fsp3) is 0. The molecular weight excluding hydrogens is 457 g/mol. The number of benzene rings is 1. The van der Waals surface area contributed by atoms with Crippen molar-refractivity contribution in [3.05, 3.63) is 36.4 Å². The minimum Gasteiger partial charge on any atom is -0.359 e. The maximum atomic E-state index is 2.84. The summed E-state index contributed by atoms with van der Waals surface area (Å²) in [7, 11) is 0. The van der Waals surface area contributed by atoms with Crippen molar-refractivity contribution in [1.82, 2.24) is 0 Å². The smallest absolute Gasteiger partial charge is 0.288 e. The van der Waals surface area contributed by atoms with Crippen LogP contribution in [-0.2, 0) is 29.6 Å². The minimum atomic E-state index is 1.34. The summed E-state index contributed by atoms with van der Waals surface area (Å²) in [5, 5.41) is 0. The summed E-state index contributed by atoms with van der Waals surface area (Å²) in [5.41, 5.74) is 0. The van der Waals surface area contributed by atoms with E-state index in [1.807, 2.05) is 18.2 Å². The molecule has 0 saturated heterocycles. The minimum absolute atomic E-state index is 1.34. The third-order valence-electron chi connectivity index (χ3n) is 0.552. The Morgan fingerprint density at radius 3 is 1.40 bits per heavy atom. The van der Waals surface area contributed by atoms with E-state index >= 15 is 0 Å². The molecule has 0 unspecified atom stereocenters. The Morgan fingerprint density at radius 1 is 0.900 bits per heavy atom. The van der Waals surface area contributed by atoms with Gasteiger partial charge in [0.25, 0.3) is 0 Å². The van der Waals surface area contributed by atoms with Gasteiger partial charge in [-0.2, -0.15) is 0 Å². The maximum Gasteiger partial charge on any atom is -0.288 e. The molecule has 0 aliphatic carbocycles. The molecule has 0 aliphatic rings. The average molecular weight is 461 g/mol. The van der Waals surface area contributed by atoms with Crippen LogP contribution in [0.1, 0.15) is 0 Å². The predicted octanol–water partition coefficient (Wildman–Crippen LogP) is 3.05. The van der Waals surface area contributed by atoms with E-state index in [2.05, 4.69) is 51.6 Å². The fourth-order valence-electron chi connectivity index (χ4n) is 0.304. The molecule has 1 rings (SSSR count). The summed E-state index contributed by atoms with van der Waals surface area (Å²) >= 11 is 7.24. The van der Waals surface area contributed by atoms with Crippen molar-refractivity contribution in [2.45, 2.75) is 0 Å². The second-order valence-corrected chi connectivity index (χ2v) is 1.00. The number of hydrogen-bond donors (Lipinski definition) is 0. The normalized spacial score (nSPS) is 6.20. The van der Waals surface area contributed by atoms with Crippen LogP contribution < -0.4 is 0 Å². The molecule has 4 heteroatoms. The van der Waals surface area contributed by atoms with Crippen LogP contribution in [0.5, 0.6) is 0 Å². The van der Waals surface area contributed by atoms with Gasteiger partial charge in [-0.3, -0.25) is 18.2 Å². The zero-order chi connectivity index (χ0) is 8.24. The van der Waals surface area contributed by atoms with E-state index in [1.54, 1.807) is 6.07 Å². The summed E-state index contributed by atoms with van der Waals surface area (Å²) in [6, 6.07) is 13.0. The Kier molecular flexibility index (Phi) is 24.8. The van der Waals surface area contributed by atoms with Gasteiger partial charge in [0.05, 0.1) is 0 Å². The van der Waals surface area contributed by atoms with E-state index < -0.39 is 0 Å². The molecule has 0 aliphatic heterocycles. The second-order valence-electron chi connectivity index (χ2n) is 1.00. The van der Waals surface area contributed by atoms with Crippen LogP contribution in [0, 0.1) is 12.1 Å². The van der Waals surface area contributed by atoms with Crippen LogP contribution in [0.15, 0.2) is 24.3 Å². The van der Waals surface area contributed by atoms with Crippen LogP contribution >= 0.6 is 39.5 Å². The summed E-state index contributed by atoms with van der Waals surface area (Å²) in [4.78, 5) is 0. The molecule has 0 bridgehead atoms. The first-order valence-electron chi connectivity index (χ1n) is 2.36. The van der Waals surface area contributed by atoms with Crippen LogP contribution in [-0.4, -0.2) is 0 Å². The first-order chi connectivity index (χ1) is 5.00. The molecule has 0 heterocycles. The van der Waals surface area contributed by atoms with Gasteiger partial charge in [-0.15, -0.1) is 0 Å². The molecule has 0 atom stereocenters. The molecule has 0 radical (unpaired) electrons. The Hall–Kier alpha value is 1.93. The van der Waals surface area contributed by atoms with E-state index in [-0.39, 0.29) is 0 Å². The second kappa shape index (κ2) is 17.1. The van der Waals surface area contributed by atoms with Crippen LogP contribution in [0.3, 0.4) is 0 Å². The summed E-state index contributed by atoms with van der Waals surface area (Å²) < 4.78 is 0. The van der Waals surface area contributed by atoms with Crippen molar-refractivity contribution in [2.75, 3.05) is 0 Å². The van der Waals surface area contributed by atoms with Gasteiger partial charge in [-0.25, -0.2) is 0 Å². The molecule has 0 nitrogen and oxygen atoms in total. The van der Waals surface area contributed by atoms with E-state index in [1.165, 1.54) is 29.6 Å². The number of hydrogen-bond acceptors (Lipinski definition) is 0. The van der Waals surface area contributed by atoms with Gasteiger partial charge >= 0.3 is 69.1 Å². The zero-order valence-electron chi connectivity index (χ0n) is 5.48. The van der Waals surface area contributed by atoms with Crippen LogP contribution in [0.2, 0.25) is 0 Å². The molecule has 0 saturated carbocycles. The summed E-state index contributed by atoms with van der Waals surface area (Å²) in [5.74, 6) is 0. The molecule has 0 spiro atoms. The van der Waals surface area contributed by atoms with E-state index in [4.69, 9.17) is 0 Å². The quantitative estimate of drug-likeness (QED) is 0.317. The first kappa shape index (κ1) is 14.5.